The summed E-state index contributed by atoms with van der Waals surface area (Å²) in [5.74, 6) is 0.366. The highest BCUT2D eigenvalue weighted by Crippen LogP contribution is 2.32. The van der Waals surface area contributed by atoms with Crippen molar-refractivity contribution in [3.05, 3.63) is 35.1 Å². The number of aryl methyl sites for hydroxylation is 1. The number of nitrogens with one attached hydrogen (secondary N) is 1. The van der Waals surface area contributed by atoms with Gasteiger partial charge in [0.15, 0.2) is 0 Å². The number of benzene rings is 1. The molecule has 1 fully saturated rings. The van der Waals surface area contributed by atoms with Crippen molar-refractivity contribution in [2.45, 2.75) is 44.8 Å². The van der Waals surface area contributed by atoms with Gasteiger partial charge in [-0.2, -0.15) is 0 Å². The molecule has 1 amide bonds. The fourth-order valence-electron chi connectivity index (χ4n) is 2.67. The second-order valence-electron chi connectivity index (χ2n) is 5.86. The molecule has 2 atom stereocenters. The van der Waals surface area contributed by atoms with Gasteiger partial charge in [-0.15, -0.1) is 0 Å². The Kier molecular flexibility index (Phi) is 3.74. The average Bonchev–Trinajstić information content (AvgIpc) is 3.18. The van der Waals surface area contributed by atoms with Crippen molar-refractivity contribution >= 4 is 5.91 Å². The first kappa shape index (κ1) is 13.6. The predicted molar refractivity (Wildman–Crippen MR) is 73.7 cm³/mol. The fourth-order valence-corrected chi connectivity index (χ4v) is 2.67. The quantitative estimate of drug-likeness (QED) is 0.898. The van der Waals surface area contributed by atoms with E-state index in [4.69, 9.17) is 4.74 Å². The first-order valence-corrected chi connectivity index (χ1v) is 7.34. The molecule has 3 rings (SSSR count). The number of hydrogen-bond donors (Lipinski definition) is 1. The molecule has 0 radical (unpaired) electrons. The first-order chi connectivity index (χ1) is 9.63. The molecule has 1 aromatic carbocycles. The standard InChI is InChI=1S/C16H20FNO2/c1-10(20-9-11-2-3-11)16(19)18-15-7-4-12-8-13(17)5-6-14(12)15/h5-6,8,10-11,15H,2-4,7,9H2,1H3,(H,18,19)/t10-,15+/m0/s1. The molecule has 1 aromatic rings. The molecule has 108 valence electrons. The van der Waals surface area contributed by atoms with E-state index in [9.17, 15) is 9.18 Å². The Bertz CT molecular complexity index is 513. The summed E-state index contributed by atoms with van der Waals surface area (Å²) in [4.78, 5) is 12.1. The maximum absolute atomic E-state index is 13.2. The molecule has 2 aliphatic carbocycles. The Morgan fingerprint density at radius 2 is 2.25 bits per heavy atom. The second-order valence-corrected chi connectivity index (χ2v) is 5.86. The molecule has 3 nitrogen and oxygen atoms in total. The van der Waals surface area contributed by atoms with E-state index in [2.05, 4.69) is 5.32 Å². The zero-order valence-electron chi connectivity index (χ0n) is 11.7. The molecule has 0 unspecified atom stereocenters. The van der Waals surface area contributed by atoms with E-state index < -0.39 is 6.10 Å². The minimum Gasteiger partial charge on any atom is -0.368 e. The van der Waals surface area contributed by atoms with Gasteiger partial charge in [0.2, 0.25) is 5.91 Å². The lowest BCUT2D eigenvalue weighted by Gasteiger charge is -2.18. The lowest BCUT2D eigenvalue weighted by Crippen LogP contribution is -2.36. The molecular weight excluding hydrogens is 257 g/mol. The summed E-state index contributed by atoms with van der Waals surface area (Å²) in [6, 6.07) is 4.79. The van der Waals surface area contributed by atoms with Crippen LogP contribution < -0.4 is 5.32 Å². The minimum absolute atomic E-state index is 0.00919. The highest BCUT2D eigenvalue weighted by atomic mass is 19.1. The molecule has 0 heterocycles. The number of amides is 1. The second kappa shape index (κ2) is 5.52. The molecule has 4 heteroatoms. The maximum Gasteiger partial charge on any atom is 0.249 e. The van der Waals surface area contributed by atoms with E-state index in [0.29, 0.717) is 12.5 Å². The Morgan fingerprint density at radius 1 is 1.45 bits per heavy atom. The minimum atomic E-state index is -0.417. The Hall–Kier alpha value is -1.42. The van der Waals surface area contributed by atoms with E-state index in [1.165, 1.54) is 18.9 Å². The van der Waals surface area contributed by atoms with Crippen LogP contribution >= 0.6 is 0 Å². The highest BCUT2D eigenvalue weighted by molar-refractivity contribution is 5.81. The van der Waals surface area contributed by atoms with Crippen LogP contribution in [0.2, 0.25) is 0 Å². The zero-order valence-corrected chi connectivity index (χ0v) is 11.7. The van der Waals surface area contributed by atoms with E-state index in [-0.39, 0.29) is 17.8 Å². The highest BCUT2D eigenvalue weighted by Gasteiger charge is 2.27. The van der Waals surface area contributed by atoms with E-state index in [1.54, 1.807) is 19.1 Å². The molecule has 0 spiro atoms. The van der Waals surface area contributed by atoms with Crippen LogP contribution in [0.25, 0.3) is 0 Å². The first-order valence-electron chi connectivity index (χ1n) is 7.34. The number of carbonyl (C=O) groups is 1. The van der Waals surface area contributed by atoms with Gasteiger partial charge in [-0.3, -0.25) is 4.79 Å². The fraction of sp³-hybridized carbons (Fsp3) is 0.562. The molecule has 0 aromatic heterocycles. The summed E-state index contributed by atoms with van der Waals surface area (Å²) in [6.07, 6.45) is 3.67. The third kappa shape index (κ3) is 3.01. The number of hydrogen-bond acceptors (Lipinski definition) is 2. The summed E-state index contributed by atoms with van der Waals surface area (Å²) in [5.41, 5.74) is 2.04. The van der Waals surface area contributed by atoms with Crippen LogP contribution in [0.4, 0.5) is 4.39 Å². The number of rotatable bonds is 5. The maximum atomic E-state index is 13.2. The van der Waals surface area contributed by atoms with Gasteiger partial charge in [0.05, 0.1) is 12.6 Å². The molecule has 1 saturated carbocycles. The lowest BCUT2D eigenvalue weighted by atomic mass is 10.1. The molecule has 2 aliphatic rings. The number of ether oxygens (including phenoxy) is 1. The molecule has 0 saturated heterocycles. The summed E-state index contributed by atoms with van der Waals surface area (Å²) in [6.45, 7) is 2.47. The lowest BCUT2D eigenvalue weighted by molar-refractivity contribution is -0.132. The van der Waals surface area contributed by atoms with Gasteiger partial charge < -0.3 is 10.1 Å². The molecule has 0 bridgehead atoms. The monoisotopic (exact) mass is 277 g/mol. The molecule has 0 aliphatic heterocycles. The smallest absolute Gasteiger partial charge is 0.249 e. The molecule has 20 heavy (non-hydrogen) atoms. The van der Waals surface area contributed by atoms with Crippen LogP contribution in [0.1, 0.15) is 43.4 Å². The normalized spacial score (nSPS) is 22.4. The largest absolute Gasteiger partial charge is 0.368 e. The van der Waals surface area contributed by atoms with Gasteiger partial charge in [-0.25, -0.2) is 4.39 Å². The number of carbonyl (C=O) groups excluding carboxylic acids is 1. The van der Waals surface area contributed by atoms with Crippen LogP contribution in [0.5, 0.6) is 0 Å². The Morgan fingerprint density at radius 3 is 3.00 bits per heavy atom. The zero-order chi connectivity index (χ0) is 14.1. The van der Waals surface area contributed by atoms with E-state index in [1.807, 2.05) is 0 Å². The number of fused-ring (bicyclic) bond motifs is 1. The average molecular weight is 277 g/mol. The van der Waals surface area contributed by atoms with Gasteiger partial charge in [0, 0.05) is 0 Å². The van der Waals surface area contributed by atoms with Gasteiger partial charge in [0.25, 0.3) is 0 Å². The predicted octanol–water partition coefficient (Wildman–Crippen LogP) is 2.74. The molecule has 1 N–H and O–H groups in total. The van der Waals surface area contributed by atoms with E-state index >= 15 is 0 Å². The van der Waals surface area contributed by atoms with Gasteiger partial charge in [-0.05, 0) is 61.8 Å². The van der Waals surface area contributed by atoms with Gasteiger partial charge >= 0.3 is 0 Å². The van der Waals surface area contributed by atoms with Crippen molar-refractivity contribution in [2.75, 3.05) is 6.61 Å². The van der Waals surface area contributed by atoms with Crippen molar-refractivity contribution in [3.63, 3.8) is 0 Å². The Labute approximate surface area is 118 Å². The van der Waals surface area contributed by atoms with Crippen molar-refractivity contribution in [2.24, 2.45) is 5.92 Å². The van der Waals surface area contributed by atoms with Crippen molar-refractivity contribution in [1.29, 1.82) is 0 Å². The van der Waals surface area contributed by atoms with Gasteiger partial charge in [0.1, 0.15) is 11.9 Å². The summed E-state index contributed by atoms with van der Waals surface area (Å²) in [5, 5.41) is 3.01. The van der Waals surface area contributed by atoms with Crippen molar-refractivity contribution in [1.82, 2.24) is 5.32 Å². The van der Waals surface area contributed by atoms with Crippen LogP contribution in [-0.4, -0.2) is 18.6 Å². The Balaban J connectivity index is 1.57. The number of halogens is 1. The SMILES string of the molecule is C[C@H](OCC1CC1)C(=O)N[C@@H]1CCc2cc(F)ccc21. The van der Waals surface area contributed by atoms with Crippen LogP contribution in [0, 0.1) is 11.7 Å². The third-order valence-electron chi connectivity index (χ3n) is 4.15. The van der Waals surface area contributed by atoms with Crippen LogP contribution in [0.15, 0.2) is 18.2 Å². The topological polar surface area (TPSA) is 38.3 Å². The van der Waals surface area contributed by atoms with Crippen molar-refractivity contribution < 1.29 is 13.9 Å². The van der Waals surface area contributed by atoms with Crippen molar-refractivity contribution in [3.8, 4) is 0 Å². The summed E-state index contributed by atoms with van der Waals surface area (Å²) in [7, 11) is 0. The molecular formula is C16H20FNO2. The van der Waals surface area contributed by atoms with Crippen LogP contribution in [-0.2, 0) is 16.0 Å². The summed E-state index contributed by atoms with van der Waals surface area (Å²) < 4.78 is 18.7. The van der Waals surface area contributed by atoms with E-state index in [0.717, 1.165) is 24.0 Å². The van der Waals surface area contributed by atoms with Gasteiger partial charge in [-0.1, -0.05) is 6.07 Å². The van der Waals surface area contributed by atoms with Crippen LogP contribution in [0.3, 0.4) is 0 Å². The summed E-state index contributed by atoms with van der Waals surface area (Å²) >= 11 is 0. The third-order valence-corrected chi connectivity index (χ3v) is 4.15.